The predicted octanol–water partition coefficient (Wildman–Crippen LogP) is 3.99. The van der Waals surface area contributed by atoms with Crippen molar-refractivity contribution in [2.75, 3.05) is 13.2 Å². The van der Waals surface area contributed by atoms with Crippen LogP contribution in [0.4, 0.5) is 0 Å². The number of rotatable bonds is 6. The Labute approximate surface area is 136 Å². The number of aryl methyl sites for hydroxylation is 1. The molecule has 2 rings (SSSR count). The Bertz CT molecular complexity index is 458. The van der Waals surface area contributed by atoms with Crippen molar-refractivity contribution in [1.29, 1.82) is 0 Å². The molecule has 21 heavy (non-hydrogen) atoms. The van der Waals surface area contributed by atoms with E-state index >= 15 is 0 Å². The van der Waals surface area contributed by atoms with Crippen LogP contribution in [0.2, 0.25) is 0 Å². The molecule has 0 bridgehead atoms. The zero-order chi connectivity index (χ0) is 15.2. The average Bonchev–Trinajstić information content (AvgIpc) is 2.47. The van der Waals surface area contributed by atoms with Gasteiger partial charge in [-0.25, -0.2) is 0 Å². The maximum Gasteiger partial charge on any atom is 0.125 e. The first-order valence-corrected chi connectivity index (χ1v) is 8.68. The summed E-state index contributed by atoms with van der Waals surface area (Å²) in [5, 5.41) is 0. The van der Waals surface area contributed by atoms with Gasteiger partial charge in [-0.15, -0.1) is 0 Å². The van der Waals surface area contributed by atoms with Crippen molar-refractivity contribution in [3.05, 3.63) is 27.7 Å². The fraction of sp³-hybridized carbons (Fsp3) is 0.647. The van der Waals surface area contributed by atoms with E-state index in [9.17, 15) is 0 Å². The molecule has 118 valence electrons. The normalized spacial score (nSPS) is 20.3. The molecule has 2 N–H and O–H groups in total. The highest BCUT2D eigenvalue weighted by atomic mass is 79.9. The molecule has 0 amide bonds. The standard InChI is InChI=1S/C17H26BrNO2/c1-3-15(19)10-13-9-14(18)8-12(2)17(13)21-11-16-6-4-5-7-20-16/h8-9,15-16H,3-7,10-11,19H2,1-2H3. The van der Waals surface area contributed by atoms with Gasteiger partial charge in [0.25, 0.3) is 0 Å². The summed E-state index contributed by atoms with van der Waals surface area (Å²) in [7, 11) is 0. The number of nitrogens with two attached hydrogens (primary N) is 1. The Morgan fingerprint density at radius 1 is 1.43 bits per heavy atom. The van der Waals surface area contributed by atoms with E-state index in [-0.39, 0.29) is 12.1 Å². The van der Waals surface area contributed by atoms with Crippen LogP contribution in [0.25, 0.3) is 0 Å². The van der Waals surface area contributed by atoms with Gasteiger partial charge in [0.05, 0.1) is 6.10 Å². The molecule has 0 spiro atoms. The number of halogens is 1. The van der Waals surface area contributed by atoms with Gasteiger partial charge in [-0.05, 0) is 62.3 Å². The van der Waals surface area contributed by atoms with E-state index in [2.05, 4.69) is 41.9 Å². The van der Waals surface area contributed by atoms with Crippen molar-refractivity contribution in [3.8, 4) is 5.75 Å². The highest BCUT2D eigenvalue weighted by Gasteiger charge is 2.17. The monoisotopic (exact) mass is 355 g/mol. The van der Waals surface area contributed by atoms with Crippen LogP contribution in [0, 0.1) is 6.92 Å². The summed E-state index contributed by atoms with van der Waals surface area (Å²) in [6.07, 6.45) is 5.55. The maximum atomic E-state index is 6.12. The van der Waals surface area contributed by atoms with Crippen molar-refractivity contribution in [2.45, 2.75) is 58.1 Å². The third-order valence-corrected chi connectivity index (χ3v) is 4.47. The first kappa shape index (κ1) is 16.8. The fourth-order valence-electron chi connectivity index (χ4n) is 2.70. The second-order valence-electron chi connectivity index (χ2n) is 5.88. The van der Waals surface area contributed by atoms with Gasteiger partial charge in [0.1, 0.15) is 12.4 Å². The van der Waals surface area contributed by atoms with Crippen LogP contribution < -0.4 is 10.5 Å². The predicted molar refractivity (Wildman–Crippen MR) is 89.9 cm³/mol. The van der Waals surface area contributed by atoms with Gasteiger partial charge in [-0.2, -0.15) is 0 Å². The molecule has 0 aliphatic carbocycles. The molecule has 4 heteroatoms. The zero-order valence-electron chi connectivity index (χ0n) is 13.0. The summed E-state index contributed by atoms with van der Waals surface area (Å²) in [5.74, 6) is 0.983. The van der Waals surface area contributed by atoms with E-state index < -0.39 is 0 Å². The molecule has 2 atom stereocenters. The molecule has 1 aliphatic heterocycles. The minimum atomic E-state index is 0.173. The molecule has 0 radical (unpaired) electrons. The van der Waals surface area contributed by atoms with Gasteiger partial charge in [-0.1, -0.05) is 22.9 Å². The minimum Gasteiger partial charge on any atom is -0.490 e. The van der Waals surface area contributed by atoms with Crippen LogP contribution in [0.15, 0.2) is 16.6 Å². The van der Waals surface area contributed by atoms with Crippen LogP contribution >= 0.6 is 15.9 Å². The van der Waals surface area contributed by atoms with Gasteiger partial charge in [-0.3, -0.25) is 0 Å². The summed E-state index contributed by atoms with van der Waals surface area (Å²) < 4.78 is 12.9. The van der Waals surface area contributed by atoms with Crippen LogP contribution in [0.3, 0.4) is 0 Å². The van der Waals surface area contributed by atoms with E-state index in [4.69, 9.17) is 15.2 Å². The zero-order valence-corrected chi connectivity index (χ0v) is 14.6. The van der Waals surface area contributed by atoms with Crippen LogP contribution in [0.5, 0.6) is 5.75 Å². The third kappa shape index (κ3) is 4.97. The summed E-state index contributed by atoms with van der Waals surface area (Å²) in [4.78, 5) is 0. The molecule has 0 aromatic heterocycles. The van der Waals surface area contributed by atoms with Crippen molar-refractivity contribution < 1.29 is 9.47 Å². The van der Waals surface area contributed by atoms with E-state index in [1.807, 2.05) is 0 Å². The Morgan fingerprint density at radius 2 is 2.24 bits per heavy atom. The topological polar surface area (TPSA) is 44.5 Å². The number of benzene rings is 1. The average molecular weight is 356 g/mol. The number of hydrogen-bond donors (Lipinski definition) is 1. The van der Waals surface area contributed by atoms with Crippen LogP contribution in [-0.4, -0.2) is 25.4 Å². The lowest BCUT2D eigenvalue weighted by atomic mass is 10.0. The van der Waals surface area contributed by atoms with E-state index in [0.29, 0.717) is 6.61 Å². The second-order valence-corrected chi connectivity index (χ2v) is 6.80. The Hall–Kier alpha value is -0.580. The quantitative estimate of drug-likeness (QED) is 0.838. The van der Waals surface area contributed by atoms with Crippen LogP contribution in [0.1, 0.15) is 43.7 Å². The Kier molecular flexibility index (Phi) is 6.52. The third-order valence-electron chi connectivity index (χ3n) is 4.01. The Morgan fingerprint density at radius 3 is 2.90 bits per heavy atom. The molecule has 2 unspecified atom stereocenters. The second kappa shape index (κ2) is 8.16. The number of hydrogen-bond acceptors (Lipinski definition) is 3. The Balaban J connectivity index is 2.08. The van der Waals surface area contributed by atoms with Gasteiger partial charge in [0.15, 0.2) is 0 Å². The molecular formula is C17H26BrNO2. The number of ether oxygens (including phenoxy) is 2. The lowest BCUT2D eigenvalue weighted by molar-refractivity contribution is -0.0113. The molecule has 1 aliphatic rings. The summed E-state index contributed by atoms with van der Waals surface area (Å²) in [6.45, 7) is 5.70. The molecule has 0 saturated carbocycles. The van der Waals surface area contributed by atoms with E-state index in [1.54, 1.807) is 0 Å². The lowest BCUT2D eigenvalue weighted by Gasteiger charge is -2.24. The summed E-state index contributed by atoms with van der Waals surface area (Å²) in [6, 6.07) is 4.39. The van der Waals surface area contributed by atoms with Crippen molar-refractivity contribution in [2.24, 2.45) is 5.73 Å². The highest BCUT2D eigenvalue weighted by Crippen LogP contribution is 2.30. The molecular weight excluding hydrogens is 330 g/mol. The molecule has 1 aromatic rings. The summed E-state index contributed by atoms with van der Waals surface area (Å²) in [5.41, 5.74) is 8.46. The van der Waals surface area contributed by atoms with Gasteiger partial charge >= 0.3 is 0 Å². The SMILES string of the molecule is CCC(N)Cc1cc(Br)cc(C)c1OCC1CCCCO1. The van der Waals surface area contributed by atoms with Crippen LogP contribution in [-0.2, 0) is 11.2 Å². The molecule has 1 saturated heterocycles. The first-order valence-electron chi connectivity index (χ1n) is 7.89. The molecule has 1 aromatic carbocycles. The summed E-state index contributed by atoms with van der Waals surface area (Å²) >= 11 is 3.57. The van der Waals surface area contributed by atoms with E-state index in [1.165, 1.54) is 18.4 Å². The highest BCUT2D eigenvalue weighted by molar-refractivity contribution is 9.10. The lowest BCUT2D eigenvalue weighted by Crippen LogP contribution is -2.27. The largest absolute Gasteiger partial charge is 0.490 e. The fourth-order valence-corrected chi connectivity index (χ4v) is 3.32. The maximum absolute atomic E-state index is 6.12. The minimum absolute atomic E-state index is 0.173. The molecule has 1 heterocycles. The smallest absolute Gasteiger partial charge is 0.125 e. The van der Waals surface area contributed by atoms with Gasteiger partial charge < -0.3 is 15.2 Å². The molecule has 3 nitrogen and oxygen atoms in total. The van der Waals surface area contributed by atoms with Crippen molar-refractivity contribution in [1.82, 2.24) is 0 Å². The first-order chi connectivity index (χ1) is 10.1. The molecule has 1 fully saturated rings. The van der Waals surface area contributed by atoms with Crippen molar-refractivity contribution in [3.63, 3.8) is 0 Å². The van der Waals surface area contributed by atoms with E-state index in [0.717, 1.165) is 41.7 Å². The van der Waals surface area contributed by atoms with Gasteiger partial charge in [0.2, 0.25) is 0 Å². The van der Waals surface area contributed by atoms with Gasteiger partial charge in [0, 0.05) is 17.1 Å². The van der Waals surface area contributed by atoms with Crippen molar-refractivity contribution >= 4 is 15.9 Å².